The summed E-state index contributed by atoms with van der Waals surface area (Å²) >= 11 is 0. The topological polar surface area (TPSA) is 26.3 Å². The molecule has 0 bridgehead atoms. The highest BCUT2D eigenvalue weighted by atomic mass is 16.5. The van der Waals surface area contributed by atoms with E-state index in [0.717, 1.165) is 12.7 Å². The Labute approximate surface area is 97.6 Å². The fourth-order valence-electron chi connectivity index (χ4n) is 1.68. The molecule has 0 saturated carbocycles. The van der Waals surface area contributed by atoms with E-state index in [-0.39, 0.29) is 6.10 Å². The second-order valence-corrected chi connectivity index (χ2v) is 4.30. The summed E-state index contributed by atoms with van der Waals surface area (Å²) in [5.41, 5.74) is 2.50. The van der Waals surface area contributed by atoms with E-state index in [1.165, 1.54) is 11.1 Å². The van der Waals surface area contributed by atoms with Crippen LogP contribution in [0.4, 0.5) is 0 Å². The Morgan fingerprint density at radius 2 is 1.88 bits per heavy atom. The summed E-state index contributed by atoms with van der Waals surface area (Å²) in [7, 11) is 1.73. The Balaban J connectivity index is 2.63. The first-order valence-corrected chi connectivity index (χ1v) is 5.72. The first kappa shape index (κ1) is 12.9. The molecular formula is C14H20O2. The van der Waals surface area contributed by atoms with Gasteiger partial charge in [-0.2, -0.15) is 0 Å². The van der Waals surface area contributed by atoms with Crippen molar-refractivity contribution in [2.75, 3.05) is 7.11 Å². The number of carbonyl (C=O) groups excluding carboxylic acids is 1. The fraction of sp³-hybridized carbons (Fsp3) is 0.500. The Bertz CT molecular complexity index is 316. The summed E-state index contributed by atoms with van der Waals surface area (Å²) in [4.78, 5) is 10.4. The minimum atomic E-state index is 0.248. The van der Waals surface area contributed by atoms with Crippen molar-refractivity contribution in [3.05, 3.63) is 35.4 Å². The van der Waals surface area contributed by atoms with Crippen molar-refractivity contribution in [2.24, 2.45) is 0 Å². The van der Waals surface area contributed by atoms with Crippen molar-refractivity contribution < 1.29 is 9.53 Å². The van der Waals surface area contributed by atoms with Crippen LogP contribution in [0.15, 0.2) is 24.3 Å². The Hall–Kier alpha value is -1.15. The number of ether oxygens (including phenoxy) is 1. The van der Waals surface area contributed by atoms with Gasteiger partial charge in [-0.25, -0.2) is 0 Å². The summed E-state index contributed by atoms with van der Waals surface area (Å²) in [6.45, 7) is 4.13. The minimum Gasteiger partial charge on any atom is -0.381 e. The number of carbonyl (C=O) groups is 1. The molecule has 0 aliphatic carbocycles. The lowest BCUT2D eigenvalue weighted by atomic mass is 9.96. The summed E-state index contributed by atoms with van der Waals surface area (Å²) in [5, 5.41) is 0. The SMILES string of the molecule is COC(C)Cc1ccc(C(C)CC=O)cc1. The van der Waals surface area contributed by atoms with Gasteiger partial charge in [-0.1, -0.05) is 31.2 Å². The summed E-state index contributed by atoms with van der Waals surface area (Å²) < 4.78 is 5.22. The number of methoxy groups -OCH3 is 1. The molecule has 0 saturated heterocycles. The van der Waals surface area contributed by atoms with Gasteiger partial charge in [0.25, 0.3) is 0 Å². The van der Waals surface area contributed by atoms with Crippen LogP contribution < -0.4 is 0 Å². The van der Waals surface area contributed by atoms with Crippen molar-refractivity contribution in [1.82, 2.24) is 0 Å². The zero-order valence-electron chi connectivity index (χ0n) is 10.3. The van der Waals surface area contributed by atoms with Crippen molar-refractivity contribution in [3.63, 3.8) is 0 Å². The van der Waals surface area contributed by atoms with E-state index in [1.807, 2.05) is 0 Å². The monoisotopic (exact) mass is 220 g/mol. The van der Waals surface area contributed by atoms with Crippen molar-refractivity contribution >= 4 is 6.29 Å². The van der Waals surface area contributed by atoms with Gasteiger partial charge >= 0.3 is 0 Å². The molecule has 16 heavy (non-hydrogen) atoms. The molecule has 0 N–H and O–H groups in total. The molecule has 88 valence electrons. The average molecular weight is 220 g/mol. The van der Waals surface area contributed by atoms with E-state index >= 15 is 0 Å². The van der Waals surface area contributed by atoms with E-state index in [1.54, 1.807) is 7.11 Å². The summed E-state index contributed by atoms with van der Waals surface area (Å²) in [6, 6.07) is 8.44. The van der Waals surface area contributed by atoms with Crippen LogP contribution in [-0.4, -0.2) is 19.5 Å². The normalized spacial score (nSPS) is 14.4. The number of benzene rings is 1. The lowest BCUT2D eigenvalue weighted by Crippen LogP contribution is -2.08. The molecular weight excluding hydrogens is 200 g/mol. The minimum absolute atomic E-state index is 0.248. The maximum absolute atomic E-state index is 10.4. The second kappa shape index (κ2) is 6.44. The van der Waals surface area contributed by atoms with Gasteiger partial charge in [-0.3, -0.25) is 0 Å². The average Bonchev–Trinajstić information content (AvgIpc) is 2.30. The maximum Gasteiger partial charge on any atom is 0.120 e. The Morgan fingerprint density at radius 3 is 2.38 bits per heavy atom. The highest BCUT2D eigenvalue weighted by molar-refractivity contribution is 5.51. The van der Waals surface area contributed by atoms with E-state index in [9.17, 15) is 4.79 Å². The zero-order valence-corrected chi connectivity index (χ0v) is 10.3. The van der Waals surface area contributed by atoms with Crippen molar-refractivity contribution in [3.8, 4) is 0 Å². The predicted molar refractivity (Wildman–Crippen MR) is 65.7 cm³/mol. The lowest BCUT2D eigenvalue weighted by Gasteiger charge is -2.11. The molecule has 2 nitrogen and oxygen atoms in total. The summed E-state index contributed by atoms with van der Waals surface area (Å²) in [6.07, 6.45) is 2.75. The quantitative estimate of drug-likeness (QED) is 0.689. The summed E-state index contributed by atoms with van der Waals surface area (Å²) in [5.74, 6) is 0.311. The fourth-order valence-corrected chi connectivity index (χ4v) is 1.68. The van der Waals surface area contributed by atoms with Crippen LogP contribution in [0.5, 0.6) is 0 Å². The van der Waals surface area contributed by atoms with Gasteiger partial charge in [0.05, 0.1) is 6.10 Å². The molecule has 0 radical (unpaired) electrons. The molecule has 1 aromatic rings. The largest absolute Gasteiger partial charge is 0.381 e. The van der Waals surface area contributed by atoms with E-state index in [2.05, 4.69) is 38.1 Å². The van der Waals surface area contributed by atoms with Gasteiger partial charge in [0.15, 0.2) is 0 Å². The van der Waals surface area contributed by atoms with Gasteiger partial charge in [0, 0.05) is 13.5 Å². The number of rotatable bonds is 6. The molecule has 0 heterocycles. The Morgan fingerprint density at radius 1 is 1.25 bits per heavy atom. The number of hydrogen-bond acceptors (Lipinski definition) is 2. The third-order valence-electron chi connectivity index (χ3n) is 2.92. The molecule has 0 fully saturated rings. The van der Waals surface area contributed by atoms with Crippen LogP contribution in [0.25, 0.3) is 0 Å². The highest BCUT2D eigenvalue weighted by Crippen LogP contribution is 2.18. The molecule has 0 aromatic heterocycles. The molecule has 2 unspecified atom stereocenters. The lowest BCUT2D eigenvalue weighted by molar-refractivity contribution is -0.108. The van der Waals surface area contributed by atoms with Crippen LogP contribution in [0, 0.1) is 0 Å². The molecule has 0 spiro atoms. The highest BCUT2D eigenvalue weighted by Gasteiger charge is 2.06. The molecule has 0 aliphatic heterocycles. The van der Waals surface area contributed by atoms with Gasteiger partial charge in [0.2, 0.25) is 0 Å². The zero-order chi connectivity index (χ0) is 12.0. The van der Waals surface area contributed by atoms with E-state index < -0.39 is 0 Å². The van der Waals surface area contributed by atoms with Crippen molar-refractivity contribution in [1.29, 1.82) is 0 Å². The van der Waals surface area contributed by atoms with Crippen LogP contribution in [-0.2, 0) is 16.0 Å². The molecule has 0 aliphatic rings. The third kappa shape index (κ3) is 3.78. The van der Waals surface area contributed by atoms with Gasteiger partial charge in [0.1, 0.15) is 6.29 Å². The van der Waals surface area contributed by atoms with E-state index in [4.69, 9.17) is 4.74 Å². The van der Waals surface area contributed by atoms with Gasteiger partial charge in [-0.05, 0) is 30.4 Å². The first-order chi connectivity index (χ1) is 7.67. The molecule has 0 amide bonds. The molecule has 2 heteroatoms. The molecule has 2 atom stereocenters. The predicted octanol–water partition coefficient (Wildman–Crippen LogP) is 2.96. The van der Waals surface area contributed by atoms with Crippen LogP contribution in [0.3, 0.4) is 0 Å². The van der Waals surface area contributed by atoms with Crippen molar-refractivity contribution in [2.45, 2.75) is 38.7 Å². The van der Waals surface area contributed by atoms with Crippen LogP contribution in [0.2, 0.25) is 0 Å². The van der Waals surface area contributed by atoms with Gasteiger partial charge in [-0.15, -0.1) is 0 Å². The Kier molecular flexibility index (Phi) is 5.20. The second-order valence-electron chi connectivity index (χ2n) is 4.30. The molecule has 1 aromatic carbocycles. The van der Waals surface area contributed by atoms with Crippen LogP contribution in [0.1, 0.15) is 37.3 Å². The van der Waals surface area contributed by atoms with Crippen LogP contribution >= 0.6 is 0 Å². The number of aldehydes is 1. The first-order valence-electron chi connectivity index (χ1n) is 5.72. The third-order valence-corrected chi connectivity index (χ3v) is 2.92. The number of hydrogen-bond donors (Lipinski definition) is 0. The standard InChI is InChI=1S/C14H20O2/c1-11(8-9-15)14-6-4-13(5-7-14)10-12(2)16-3/h4-7,9,11-12H,8,10H2,1-3H3. The smallest absolute Gasteiger partial charge is 0.120 e. The maximum atomic E-state index is 10.4. The molecule has 1 rings (SSSR count). The van der Waals surface area contributed by atoms with Gasteiger partial charge < -0.3 is 9.53 Å². The van der Waals surface area contributed by atoms with E-state index in [0.29, 0.717) is 12.3 Å².